The van der Waals surface area contributed by atoms with E-state index in [9.17, 15) is 20.2 Å². The van der Waals surface area contributed by atoms with Gasteiger partial charge in [-0.3, -0.25) is 20.2 Å². The smallest absolute Gasteiger partial charge is 0.283 e. The fraction of sp³-hybridized carbons (Fsp3) is 0.0769. The maximum absolute atomic E-state index is 10.8. The van der Waals surface area contributed by atoms with Crippen LogP contribution in [0.1, 0.15) is 5.56 Å². The van der Waals surface area contributed by atoms with Crippen molar-refractivity contribution in [2.24, 2.45) is 0 Å². The van der Waals surface area contributed by atoms with Gasteiger partial charge in [0, 0.05) is 12.1 Å². The Balaban J connectivity index is 2.13. The Morgan fingerprint density at radius 1 is 1.05 bits per heavy atom. The number of ether oxygens (including phenoxy) is 1. The van der Waals surface area contributed by atoms with Gasteiger partial charge >= 0.3 is 0 Å². The van der Waals surface area contributed by atoms with Gasteiger partial charge in [0.1, 0.15) is 12.4 Å². The summed E-state index contributed by atoms with van der Waals surface area (Å²) in [6, 6.07) is 10.4. The lowest BCUT2D eigenvalue weighted by Crippen LogP contribution is -1.98. The van der Waals surface area contributed by atoms with E-state index < -0.39 is 9.85 Å². The van der Waals surface area contributed by atoms with Gasteiger partial charge in [0.15, 0.2) is 0 Å². The van der Waals surface area contributed by atoms with Crippen LogP contribution in [-0.2, 0) is 6.61 Å². The molecule has 0 aliphatic carbocycles. The number of rotatable bonds is 5. The van der Waals surface area contributed by atoms with Crippen LogP contribution in [0.3, 0.4) is 0 Å². The average molecular weight is 353 g/mol. The molecule has 0 atom stereocenters. The topological polar surface area (TPSA) is 95.5 Å². The zero-order chi connectivity index (χ0) is 15.4. The van der Waals surface area contributed by atoms with E-state index in [1.165, 1.54) is 24.3 Å². The van der Waals surface area contributed by atoms with Crippen LogP contribution in [-0.4, -0.2) is 9.85 Å². The lowest BCUT2D eigenvalue weighted by molar-refractivity contribution is -0.385. The number of nitrogens with zero attached hydrogens (tertiary/aromatic N) is 2. The van der Waals surface area contributed by atoms with Gasteiger partial charge in [0.2, 0.25) is 0 Å². The van der Waals surface area contributed by atoms with Crippen LogP contribution in [0.5, 0.6) is 5.75 Å². The van der Waals surface area contributed by atoms with Gasteiger partial charge in [0.05, 0.1) is 20.4 Å². The Bertz CT molecular complexity index is 705. The van der Waals surface area contributed by atoms with Gasteiger partial charge in [0.25, 0.3) is 11.4 Å². The molecule has 0 amide bonds. The summed E-state index contributed by atoms with van der Waals surface area (Å²) in [5, 5.41) is 21.5. The molecule has 108 valence electrons. The molecular formula is C13H9BrN2O5. The summed E-state index contributed by atoms with van der Waals surface area (Å²) < 4.78 is 5.80. The highest BCUT2D eigenvalue weighted by Gasteiger charge is 2.13. The molecule has 2 aromatic rings. The number of halogens is 1. The zero-order valence-electron chi connectivity index (χ0n) is 10.6. The van der Waals surface area contributed by atoms with E-state index in [1.807, 2.05) is 0 Å². The number of non-ortho nitro benzene ring substituents is 1. The zero-order valence-corrected chi connectivity index (χ0v) is 12.1. The third-order valence-corrected chi connectivity index (χ3v) is 3.31. The monoisotopic (exact) mass is 352 g/mol. The highest BCUT2D eigenvalue weighted by molar-refractivity contribution is 9.10. The van der Waals surface area contributed by atoms with Crippen molar-refractivity contribution in [3.8, 4) is 5.75 Å². The van der Waals surface area contributed by atoms with Gasteiger partial charge in [-0.05, 0) is 33.6 Å². The Kier molecular flexibility index (Phi) is 4.49. The Labute approximate surface area is 127 Å². The first-order valence-corrected chi connectivity index (χ1v) is 6.57. The van der Waals surface area contributed by atoms with Crippen LogP contribution in [0.4, 0.5) is 11.4 Å². The van der Waals surface area contributed by atoms with Crippen LogP contribution < -0.4 is 4.74 Å². The summed E-state index contributed by atoms with van der Waals surface area (Å²) in [7, 11) is 0. The van der Waals surface area contributed by atoms with Crippen molar-refractivity contribution in [1.29, 1.82) is 0 Å². The SMILES string of the molecule is O=[N+]([O-])c1cccc(OCc2ccc(Br)c([N+](=O)[O-])c2)c1. The standard InChI is InChI=1S/C13H9BrN2O5/c14-12-5-4-9(6-13(12)16(19)20)8-21-11-3-1-2-10(7-11)15(17)18/h1-7H,8H2. The lowest BCUT2D eigenvalue weighted by Gasteiger charge is -2.06. The van der Waals surface area contributed by atoms with Crippen LogP contribution >= 0.6 is 15.9 Å². The van der Waals surface area contributed by atoms with E-state index in [-0.39, 0.29) is 18.0 Å². The van der Waals surface area contributed by atoms with Crippen molar-refractivity contribution in [2.45, 2.75) is 6.61 Å². The normalized spacial score (nSPS) is 10.1. The first-order valence-electron chi connectivity index (χ1n) is 5.77. The fourth-order valence-electron chi connectivity index (χ4n) is 1.64. The number of hydrogen-bond acceptors (Lipinski definition) is 5. The molecule has 0 fully saturated rings. The van der Waals surface area contributed by atoms with Crippen molar-refractivity contribution in [1.82, 2.24) is 0 Å². The van der Waals surface area contributed by atoms with E-state index in [2.05, 4.69) is 15.9 Å². The van der Waals surface area contributed by atoms with Crippen molar-refractivity contribution in [3.63, 3.8) is 0 Å². The van der Waals surface area contributed by atoms with Gasteiger partial charge in [-0.15, -0.1) is 0 Å². The highest BCUT2D eigenvalue weighted by atomic mass is 79.9. The molecule has 0 saturated heterocycles. The van der Waals surface area contributed by atoms with Crippen LogP contribution in [0.25, 0.3) is 0 Å². The van der Waals surface area contributed by atoms with E-state index in [0.717, 1.165) is 0 Å². The van der Waals surface area contributed by atoms with Gasteiger partial charge < -0.3 is 4.74 Å². The second-order valence-electron chi connectivity index (χ2n) is 4.09. The molecule has 21 heavy (non-hydrogen) atoms. The Hall–Kier alpha value is -2.48. The molecule has 0 unspecified atom stereocenters. The summed E-state index contributed by atoms with van der Waals surface area (Å²) in [6.45, 7) is 0.0787. The maximum Gasteiger partial charge on any atom is 0.283 e. The average Bonchev–Trinajstić information content (AvgIpc) is 2.46. The highest BCUT2D eigenvalue weighted by Crippen LogP contribution is 2.26. The minimum absolute atomic E-state index is 0.0601. The quantitative estimate of drug-likeness (QED) is 0.601. The van der Waals surface area contributed by atoms with E-state index in [1.54, 1.807) is 18.2 Å². The third kappa shape index (κ3) is 3.76. The molecule has 0 heterocycles. The first kappa shape index (κ1) is 14.9. The summed E-state index contributed by atoms with van der Waals surface area (Å²) in [5.74, 6) is 0.328. The van der Waals surface area contributed by atoms with Crippen molar-refractivity contribution in [3.05, 3.63) is 72.7 Å². The lowest BCUT2D eigenvalue weighted by atomic mass is 10.2. The third-order valence-electron chi connectivity index (χ3n) is 2.64. The van der Waals surface area contributed by atoms with E-state index in [4.69, 9.17) is 4.74 Å². The number of nitro benzene ring substituents is 2. The summed E-state index contributed by atoms with van der Waals surface area (Å²) in [4.78, 5) is 20.5. The summed E-state index contributed by atoms with van der Waals surface area (Å²) >= 11 is 3.10. The van der Waals surface area contributed by atoms with Crippen molar-refractivity contribution in [2.75, 3.05) is 0 Å². The second-order valence-corrected chi connectivity index (χ2v) is 4.94. The van der Waals surface area contributed by atoms with Gasteiger partial charge in [-0.2, -0.15) is 0 Å². The predicted octanol–water partition coefficient (Wildman–Crippen LogP) is 3.84. The molecule has 0 N–H and O–H groups in total. The Morgan fingerprint density at radius 2 is 1.81 bits per heavy atom. The van der Waals surface area contributed by atoms with Gasteiger partial charge in [-0.25, -0.2) is 0 Å². The van der Waals surface area contributed by atoms with Crippen molar-refractivity contribution >= 4 is 27.3 Å². The van der Waals surface area contributed by atoms with E-state index in [0.29, 0.717) is 15.8 Å². The molecule has 0 bridgehead atoms. The van der Waals surface area contributed by atoms with Crippen molar-refractivity contribution < 1.29 is 14.6 Å². The molecule has 0 radical (unpaired) electrons. The molecule has 2 aromatic carbocycles. The first-order chi connectivity index (χ1) is 9.97. The molecule has 7 nitrogen and oxygen atoms in total. The van der Waals surface area contributed by atoms with Crippen LogP contribution in [0, 0.1) is 20.2 Å². The molecule has 0 spiro atoms. The molecule has 0 saturated carbocycles. The van der Waals surface area contributed by atoms with Crippen LogP contribution in [0.2, 0.25) is 0 Å². The number of benzene rings is 2. The number of hydrogen-bond donors (Lipinski definition) is 0. The van der Waals surface area contributed by atoms with Gasteiger partial charge in [-0.1, -0.05) is 12.1 Å². The van der Waals surface area contributed by atoms with Crippen LogP contribution in [0.15, 0.2) is 46.9 Å². The summed E-state index contributed by atoms with van der Waals surface area (Å²) in [6.07, 6.45) is 0. The molecule has 0 aromatic heterocycles. The second kappa shape index (κ2) is 6.31. The number of nitro groups is 2. The fourth-order valence-corrected chi connectivity index (χ4v) is 2.03. The molecule has 0 aliphatic heterocycles. The minimum atomic E-state index is -0.517. The van der Waals surface area contributed by atoms with E-state index >= 15 is 0 Å². The maximum atomic E-state index is 10.8. The summed E-state index contributed by atoms with van der Waals surface area (Å²) in [5.41, 5.74) is 0.459. The molecular weight excluding hydrogens is 344 g/mol. The molecule has 0 aliphatic rings. The molecule has 8 heteroatoms. The molecule has 2 rings (SSSR count). The Morgan fingerprint density at radius 3 is 2.48 bits per heavy atom. The predicted molar refractivity (Wildman–Crippen MR) is 78.2 cm³/mol. The largest absolute Gasteiger partial charge is 0.489 e. The minimum Gasteiger partial charge on any atom is -0.489 e.